The van der Waals surface area contributed by atoms with Gasteiger partial charge < -0.3 is 9.64 Å². The van der Waals surface area contributed by atoms with E-state index in [1.54, 1.807) is 11.6 Å². The van der Waals surface area contributed by atoms with Gasteiger partial charge in [-0.15, -0.1) is 10.2 Å². The van der Waals surface area contributed by atoms with Crippen molar-refractivity contribution in [2.45, 2.75) is 17.8 Å². The van der Waals surface area contributed by atoms with Gasteiger partial charge in [0.05, 0.1) is 19.0 Å². The van der Waals surface area contributed by atoms with Gasteiger partial charge in [0, 0.05) is 20.1 Å². The smallest absolute Gasteiger partial charge is 0.251 e. The van der Waals surface area contributed by atoms with Gasteiger partial charge in [0.15, 0.2) is 0 Å². The summed E-state index contributed by atoms with van der Waals surface area (Å²) in [5, 5.41) is 8.01. The number of morpholine rings is 1. The SMILES string of the molecule is Cc1ccccc1CS(=O)(=O)c1nnc(N2CCOCC2)n1C. The van der Waals surface area contributed by atoms with Crippen LogP contribution in [-0.4, -0.2) is 49.5 Å². The molecule has 2 aromatic rings. The first-order valence-electron chi connectivity index (χ1n) is 7.48. The van der Waals surface area contributed by atoms with Crippen molar-refractivity contribution in [2.75, 3.05) is 31.2 Å². The second-order valence-corrected chi connectivity index (χ2v) is 7.51. The lowest BCUT2D eigenvalue weighted by molar-refractivity contribution is 0.121. The van der Waals surface area contributed by atoms with Gasteiger partial charge in [-0.2, -0.15) is 0 Å². The lowest BCUT2D eigenvalue weighted by Gasteiger charge is -2.27. The molecule has 8 heteroatoms. The Labute approximate surface area is 135 Å². The number of sulfone groups is 1. The number of aryl methyl sites for hydroxylation is 1. The van der Waals surface area contributed by atoms with Gasteiger partial charge in [-0.3, -0.25) is 4.57 Å². The Morgan fingerprint density at radius 3 is 2.57 bits per heavy atom. The maximum absolute atomic E-state index is 12.7. The van der Waals surface area contributed by atoms with Crippen molar-refractivity contribution in [3.05, 3.63) is 35.4 Å². The normalized spacial score (nSPS) is 15.8. The second kappa shape index (κ2) is 6.29. The van der Waals surface area contributed by atoms with Crippen LogP contribution >= 0.6 is 0 Å². The van der Waals surface area contributed by atoms with Crippen molar-refractivity contribution in [3.8, 4) is 0 Å². The van der Waals surface area contributed by atoms with E-state index >= 15 is 0 Å². The first-order chi connectivity index (χ1) is 11.0. The van der Waals surface area contributed by atoms with Crippen molar-refractivity contribution in [1.29, 1.82) is 0 Å². The summed E-state index contributed by atoms with van der Waals surface area (Å²) in [6.07, 6.45) is 0. The highest BCUT2D eigenvalue weighted by Gasteiger charge is 2.26. The van der Waals surface area contributed by atoms with Gasteiger partial charge in [0.2, 0.25) is 15.8 Å². The summed E-state index contributed by atoms with van der Waals surface area (Å²) in [5.74, 6) is 0.492. The van der Waals surface area contributed by atoms with Crippen LogP contribution in [0.4, 0.5) is 5.95 Å². The Morgan fingerprint density at radius 2 is 1.87 bits per heavy atom. The van der Waals surface area contributed by atoms with Crippen LogP contribution in [0.3, 0.4) is 0 Å². The molecule has 2 heterocycles. The molecule has 23 heavy (non-hydrogen) atoms. The summed E-state index contributed by atoms with van der Waals surface area (Å²) < 4.78 is 32.3. The molecule has 0 aliphatic carbocycles. The van der Waals surface area contributed by atoms with E-state index in [4.69, 9.17) is 4.74 Å². The fraction of sp³-hybridized carbons (Fsp3) is 0.467. The zero-order valence-corrected chi connectivity index (χ0v) is 14.1. The molecule has 1 aliphatic rings. The minimum atomic E-state index is -3.55. The molecule has 0 saturated carbocycles. The van der Waals surface area contributed by atoms with Gasteiger partial charge in [-0.05, 0) is 18.1 Å². The Kier molecular flexibility index (Phi) is 4.36. The summed E-state index contributed by atoms with van der Waals surface area (Å²) in [6, 6.07) is 7.46. The van der Waals surface area contributed by atoms with Crippen LogP contribution in [0.25, 0.3) is 0 Å². The molecule has 1 fully saturated rings. The van der Waals surface area contributed by atoms with Crippen LogP contribution < -0.4 is 4.90 Å². The molecule has 0 spiro atoms. The number of ether oxygens (including phenoxy) is 1. The van der Waals surface area contributed by atoms with Crippen LogP contribution in [0.5, 0.6) is 0 Å². The van der Waals surface area contributed by atoms with E-state index in [0.717, 1.165) is 11.1 Å². The lowest BCUT2D eigenvalue weighted by atomic mass is 10.1. The van der Waals surface area contributed by atoms with Crippen LogP contribution in [0.1, 0.15) is 11.1 Å². The van der Waals surface area contributed by atoms with E-state index in [0.29, 0.717) is 32.3 Å². The zero-order chi connectivity index (χ0) is 16.4. The molecular formula is C15H20N4O3S. The number of anilines is 1. The molecule has 1 saturated heterocycles. The second-order valence-electron chi connectivity index (χ2n) is 5.63. The van der Waals surface area contributed by atoms with Crippen molar-refractivity contribution in [3.63, 3.8) is 0 Å². The Morgan fingerprint density at radius 1 is 1.17 bits per heavy atom. The third-order valence-corrected chi connectivity index (χ3v) is 5.59. The summed E-state index contributed by atoms with van der Waals surface area (Å²) in [6.45, 7) is 4.49. The number of benzene rings is 1. The fourth-order valence-electron chi connectivity index (χ4n) is 2.66. The summed E-state index contributed by atoms with van der Waals surface area (Å²) in [4.78, 5) is 1.99. The third kappa shape index (κ3) is 3.23. The minimum absolute atomic E-state index is 0.00208. The molecular weight excluding hydrogens is 316 g/mol. The number of aromatic nitrogens is 3. The zero-order valence-electron chi connectivity index (χ0n) is 13.3. The van der Waals surface area contributed by atoms with Gasteiger partial charge in [0.1, 0.15) is 0 Å². The molecule has 0 atom stereocenters. The average Bonchev–Trinajstić information content (AvgIpc) is 2.93. The highest BCUT2D eigenvalue weighted by Crippen LogP contribution is 2.21. The quantitative estimate of drug-likeness (QED) is 0.827. The van der Waals surface area contributed by atoms with Gasteiger partial charge >= 0.3 is 0 Å². The topological polar surface area (TPSA) is 77.3 Å². The van der Waals surface area contributed by atoms with E-state index in [1.807, 2.05) is 36.1 Å². The van der Waals surface area contributed by atoms with E-state index in [2.05, 4.69) is 10.2 Å². The molecule has 124 valence electrons. The van der Waals surface area contributed by atoms with Crippen molar-refractivity contribution in [1.82, 2.24) is 14.8 Å². The van der Waals surface area contributed by atoms with Gasteiger partial charge in [-0.1, -0.05) is 24.3 Å². The first-order valence-corrected chi connectivity index (χ1v) is 9.13. The molecule has 0 radical (unpaired) electrons. The van der Waals surface area contributed by atoms with Crippen LogP contribution in [0.2, 0.25) is 0 Å². The predicted octanol–water partition coefficient (Wildman–Crippen LogP) is 0.934. The molecule has 0 N–H and O–H groups in total. The van der Waals surface area contributed by atoms with E-state index in [9.17, 15) is 8.42 Å². The molecule has 0 bridgehead atoms. The number of hydrogen-bond acceptors (Lipinski definition) is 6. The fourth-order valence-corrected chi connectivity index (χ4v) is 4.18. The molecule has 1 aromatic carbocycles. The number of rotatable bonds is 4. The van der Waals surface area contributed by atoms with Gasteiger partial charge in [0.25, 0.3) is 5.16 Å². The van der Waals surface area contributed by atoms with Crippen LogP contribution in [-0.2, 0) is 27.4 Å². The maximum Gasteiger partial charge on any atom is 0.251 e. The molecule has 3 rings (SSSR count). The largest absolute Gasteiger partial charge is 0.378 e. The standard InChI is InChI=1S/C15H20N4O3S/c1-12-5-3-4-6-13(12)11-23(20,21)15-17-16-14(18(15)2)19-7-9-22-10-8-19/h3-6H,7-11H2,1-2H3. The van der Waals surface area contributed by atoms with E-state index in [1.165, 1.54) is 0 Å². The van der Waals surface area contributed by atoms with Gasteiger partial charge in [-0.25, -0.2) is 8.42 Å². The van der Waals surface area contributed by atoms with Crippen molar-refractivity contribution < 1.29 is 13.2 Å². The third-order valence-electron chi connectivity index (χ3n) is 3.99. The van der Waals surface area contributed by atoms with E-state index < -0.39 is 9.84 Å². The van der Waals surface area contributed by atoms with E-state index in [-0.39, 0.29) is 10.9 Å². The summed E-state index contributed by atoms with van der Waals surface area (Å²) in [5.41, 5.74) is 1.73. The summed E-state index contributed by atoms with van der Waals surface area (Å²) in [7, 11) is -1.86. The highest BCUT2D eigenvalue weighted by atomic mass is 32.2. The number of hydrogen-bond donors (Lipinski definition) is 0. The average molecular weight is 336 g/mol. The summed E-state index contributed by atoms with van der Waals surface area (Å²) >= 11 is 0. The Bertz CT molecular complexity index is 795. The van der Waals surface area contributed by atoms with Crippen molar-refractivity contribution >= 4 is 15.8 Å². The molecule has 1 aromatic heterocycles. The molecule has 0 amide bonds. The highest BCUT2D eigenvalue weighted by molar-refractivity contribution is 7.90. The monoisotopic (exact) mass is 336 g/mol. The molecule has 0 unspecified atom stereocenters. The minimum Gasteiger partial charge on any atom is -0.378 e. The van der Waals surface area contributed by atoms with Crippen molar-refractivity contribution in [2.24, 2.45) is 7.05 Å². The lowest BCUT2D eigenvalue weighted by Crippen LogP contribution is -2.37. The molecule has 1 aliphatic heterocycles. The Hall–Kier alpha value is -1.93. The first kappa shape index (κ1) is 15.9. The number of nitrogens with zero attached hydrogens (tertiary/aromatic N) is 4. The maximum atomic E-state index is 12.7. The Balaban J connectivity index is 1.89. The predicted molar refractivity (Wildman–Crippen MR) is 86.1 cm³/mol. The molecule has 7 nitrogen and oxygen atoms in total. The van der Waals surface area contributed by atoms with Crippen LogP contribution in [0.15, 0.2) is 29.4 Å². The van der Waals surface area contributed by atoms with Crippen LogP contribution in [0, 0.1) is 6.92 Å².